The van der Waals surface area contributed by atoms with Crippen LogP contribution in [0.15, 0.2) is 42.7 Å². The summed E-state index contributed by atoms with van der Waals surface area (Å²) in [5.74, 6) is 0.898. The highest BCUT2D eigenvalue weighted by Crippen LogP contribution is 2.20. The van der Waals surface area contributed by atoms with Crippen molar-refractivity contribution in [1.82, 2.24) is 14.9 Å². The monoisotopic (exact) mass is 257 g/mol. The molecular formula is C15H19N3O. The van der Waals surface area contributed by atoms with Crippen molar-refractivity contribution in [1.29, 1.82) is 0 Å². The van der Waals surface area contributed by atoms with E-state index in [1.165, 1.54) is 0 Å². The van der Waals surface area contributed by atoms with Gasteiger partial charge in [-0.3, -0.25) is 4.79 Å². The van der Waals surface area contributed by atoms with E-state index in [1.54, 1.807) is 6.20 Å². The predicted molar refractivity (Wildman–Crippen MR) is 74.5 cm³/mol. The summed E-state index contributed by atoms with van der Waals surface area (Å²) in [6, 6.07) is 9.72. The van der Waals surface area contributed by atoms with Gasteiger partial charge in [0.2, 0.25) is 5.91 Å². The van der Waals surface area contributed by atoms with E-state index in [1.807, 2.05) is 55.1 Å². The summed E-state index contributed by atoms with van der Waals surface area (Å²) in [7, 11) is 1.93. The van der Waals surface area contributed by atoms with Gasteiger partial charge in [0.1, 0.15) is 11.9 Å². The van der Waals surface area contributed by atoms with Gasteiger partial charge in [0.15, 0.2) is 0 Å². The van der Waals surface area contributed by atoms with Gasteiger partial charge in [-0.2, -0.15) is 0 Å². The Morgan fingerprint density at radius 2 is 2.11 bits per heavy atom. The molecule has 2 rings (SSSR count). The number of imidazole rings is 1. The maximum atomic E-state index is 11.9. The van der Waals surface area contributed by atoms with E-state index >= 15 is 0 Å². The summed E-state index contributed by atoms with van der Waals surface area (Å²) < 4.78 is 1.93. The van der Waals surface area contributed by atoms with Crippen molar-refractivity contribution in [3.8, 4) is 0 Å². The van der Waals surface area contributed by atoms with Crippen LogP contribution >= 0.6 is 0 Å². The molecule has 4 heteroatoms. The maximum absolute atomic E-state index is 11.9. The molecule has 1 aromatic heterocycles. The molecule has 0 spiro atoms. The molecule has 0 aliphatic heterocycles. The number of hydrogen-bond donors (Lipinski definition) is 1. The molecule has 0 fully saturated rings. The Balaban J connectivity index is 2.29. The quantitative estimate of drug-likeness (QED) is 0.894. The van der Waals surface area contributed by atoms with Gasteiger partial charge in [-0.25, -0.2) is 4.98 Å². The fraction of sp³-hybridized carbons (Fsp3) is 0.333. The fourth-order valence-electron chi connectivity index (χ4n) is 2.06. The normalized spacial score (nSPS) is 12.1. The van der Waals surface area contributed by atoms with Crippen LogP contribution in [0.3, 0.4) is 0 Å². The maximum Gasteiger partial charge on any atom is 0.220 e. The molecule has 1 N–H and O–H groups in total. The van der Waals surface area contributed by atoms with E-state index in [0.717, 1.165) is 17.8 Å². The van der Waals surface area contributed by atoms with Crippen LogP contribution in [-0.2, 0) is 11.8 Å². The van der Waals surface area contributed by atoms with E-state index in [2.05, 4.69) is 10.3 Å². The lowest BCUT2D eigenvalue weighted by atomic mass is 10.1. The number of carbonyl (C=O) groups excluding carboxylic acids is 1. The zero-order valence-electron chi connectivity index (χ0n) is 11.3. The molecular weight excluding hydrogens is 238 g/mol. The van der Waals surface area contributed by atoms with Crippen LogP contribution in [0.4, 0.5) is 0 Å². The van der Waals surface area contributed by atoms with Crippen LogP contribution in [-0.4, -0.2) is 15.5 Å². The Bertz CT molecular complexity index is 533. The lowest BCUT2D eigenvalue weighted by molar-refractivity contribution is -0.121. The molecule has 0 aliphatic carbocycles. The summed E-state index contributed by atoms with van der Waals surface area (Å²) >= 11 is 0. The highest BCUT2D eigenvalue weighted by Gasteiger charge is 2.19. The average molecular weight is 257 g/mol. The number of aromatic nitrogens is 2. The molecule has 1 heterocycles. The second-order valence-electron chi connectivity index (χ2n) is 4.56. The molecule has 19 heavy (non-hydrogen) atoms. The Hall–Kier alpha value is -2.10. The van der Waals surface area contributed by atoms with E-state index < -0.39 is 0 Å². The molecule has 0 saturated carbocycles. The Morgan fingerprint density at radius 3 is 2.68 bits per heavy atom. The molecule has 1 amide bonds. The second kappa shape index (κ2) is 6.18. The molecule has 100 valence electrons. The summed E-state index contributed by atoms with van der Waals surface area (Å²) in [6.45, 7) is 2.00. The number of aryl methyl sites for hydroxylation is 1. The summed E-state index contributed by atoms with van der Waals surface area (Å²) in [5, 5.41) is 3.06. The van der Waals surface area contributed by atoms with Gasteiger partial charge in [0.25, 0.3) is 0 Å². The van der Waals surface area contributed by atoms with Crippen LogP contribution in [0, 0.1) is 0 Å². The minimum atomic E-state index is -0.194. The molecule has 0 bridgehead atoms. The number of rotatable bonds is 5. The Labute approximate surface area is 113 Å². The fourth-order valence-corrected chi connectivity index (χ4v) is 2.06. The van der Waals surface area contributed by atoms with Gasteiger partial charge in [-0.1, -0.05) is 37.3 Å². The van der Waals surface area contributed by atoms with Crippen LogP contribution in [0.2, 0.25) is 0 Å². The smallest absolute Gasteiger partial charge is 0.220 e. The highest BCUT2D eigenvalue weighted by molar-refractivity contribution is 5.76. The average Bonchev–Trinajstić information content (AvgIpc) is 2.83. The van der Waals surface area contributed by atoms with Crippen LogP contribution < -0.4 is 5.32 Å². The summed E-state index contributed by atoms with van der Waals surface area (Å²) in [6.07, 6.45) is 5.01. The summed E-state index contributed by atoms with van der Waals surface area (Å²) in [5.41, 5.74) is 1.04. The topological polar surface area (TPSA) is 46.9 Å². The van der Waals surface area contributed by atoms with Gasteiger partial charge < -0.3 is 9.88 Å². The third kappa shape index (κ3) is 3.22. The molecule has 1 unspecified atom stereocenters. The van der Waals surface area contributed by atoms with Crippen molar-refractivity contribution in [2.75, 3.05) is 0 Å². The molecule has 1 aromatic carbocycles. The van der Waals surface area contributed by atoms with E-state index in [9.17, 15) is 4.79 Å². The van der Waals surface area contributed by atoms with Crippen molar-refractivity contribution in [2.45, 2.75) is 25.8 Å². The number of amides is 1. The first-order chi connectivity index (χ1) is 9.22. The number of nitrogens with one attached hydrogen (secondary N) is 1. The third-order valence-corrected chi connectivity index (χ3v) is 3.03. The van der Waals surface area contributed by atoms with Crippen molar-refractivity contribution < 1.29 is 4.79 Å². The van der Waals surface area contributed by atoms with Gasteiger partial charge in [-0.05, 0) is 12.0 Å². The number of benzene rings is 1. The molecule has 0 saturated heterocycles. The molecule has 2 aromatic rings. The van der Waals surface area contributed by atoms with Gasteiger partial charge >= 0.3 is 0 Å². The van der Waals surface area contributed by atoms with Crippen LogP contribution in [0.1, 0.15) is 37.2 Å². The lowest BCUT2D eigenvalue weighted by Gasteiger charge is -2.19. The Morgan fingerprint density at radius 1 is 1.37 bits per heavy atom. The zero-order chi connectivity index (χ0) is 13.7. The van der Waals surface area contributed by atoms with Crippen LogP contribution in [0.25, 0.3) is 0 Å². The molecule has 0 radical (unpaired) electrons. The van der Waals surface area contributed by atoms with Crippen molar-refractivity contribution in [3.63, 3.8) is 0 Å². The van der Waals surface area contributed by atoms with Crippen molar-refractivity contribution >= 4 is 5.91 Å². The standard InChI is InChI=1S/C15H19N3O/c1-3-7-13(19)17-14(12-8-5-4-6-9-12)15-16-10-11-18(15)2/h4-6,8-11,14H,3,7H2,1-2H3,(H,17,19). The van der Waals surface area contributed by atoms with E-state index in [4.69, 9.17) is 0 Å². The first kappa shape index (κ1) is 13.3. The minimum absolute atomic E-state index is 0.0550. The SMILES string of the molecule is CCCC(=O)NC(c1ccccc1)c1nccn1C. The van der Waals surface area contributed by atoms with Gasteiger partial charge in [0.05, 0.1) is 0 Å². The first-order valence-electron chi connectivity index (χ1n) is 6.54. The first-order valence-corrected chi connectivity index (χ1v) is 6.54. The number of hydrogen-bond acceptors (Lipinski definition) is 2. The second-order valence-corrected chi connectivity index (χ2v) is 4.56. The van der Waals surface area contributed by atoms with E-state index in [-0.39, 0.29) is 11.9 Å². The third-order valence-electron chi connectivity index (χ3n) is 3.03. The predicted octanol–water partition coefficient (Wildman–Crippen LogP) is 2.43. The van der Waals surface area contributed by atoms with Crippen molar-refractivity contribution in [2.24, 2.45) is 7.05 Å². The van der Waals surface area contributed by atoms with E-state index in [0.29, 0.717) is 6.42 Å². The summed E-state index contributed by atoms with van der Waals surface area (Å²) in [4.78, 5) is 16.2. The van der Waals surface area contributed by atoms with Gasteiger partial charge in [-0.15, -0.1) is 0 Å². The molecule has 4 nitrogen and oxygen atoms in total. The van der Waals surface area contributed by atoms with Crippen LogP contribution in [0.5, 0.6) is 0 Å². The molecule has 0 aliphatic rings. The van der Waals surface area contributed by atoms with Gasteiger partial charge in [0, 0.05) is 25.9 Å². The van der Waals surface area contributed by atoms with Crippen molar-refractivity contribution in [3.05, 3.63) is 54.1 Å². The number of carbonyl (C=O) groups is 1. The zero-order valence-corrected chi connectivity index (χ0v) is 11.3. The minimum Gasteiger partial charge on any atom is -0.342 e. The molecule has 1 atom stereocenters. The number of nitrogens with zero attached hydrogens (tertiary/aromatic N) is 2. The highest BCUT2D eigenvalue weighted by atomic mass is 16.1. The Kier molecular flexibility index (Phi) is 4.34. The largest absolute Gasteiger partial charge is 0.342 e. The lowest BCUT2D eigenvalue weighted by Crippen LogP contribution is -2.30.